The van der Waals surface area contributed by atoms with Crippen LogP contribution >= 0.6 is 11.8 Å². The number of anilines is 1. The number of rotatable bonds is 5. The second-order valence-electron chi connectivity index (χ2n) is 4.11. The van der Waals surface area contributed by atoms with Crippen LogP contribution in [0.3, 0.4) is 0 Å². The first kappa shape index (κ1) is 13.4. The highest BCUT2D eigenvalue weighted by molar-refractivity contribution is 8.00. The predicted octanol–water partition coefficient (Wildman–Crippen LogP) is 2.19. The van der Waals surface area contributed by atoms with Gasteiger partial charge in [0.15, 0.2) is 11.6 Å². The molecule has 0 amide bonds. The number of ether oxygens (including phenoxy) is 2. The highest BCUT2D eigenvalue weighted by Gasteiger charge is 2.27. The van der Waals surface area contributed by atoms with Crippen molar-refractivity contribution in [2.24, 2.45) is 0 Å². The first-order valence-corrected chi connectivity index (χ1v) is 7.05. The van der Waals surface area contributed by atoms with Gasteiger partial charge in [-0.1, -0.05) is 11.8 Å². The van der Waals surface area contributed by atoms with Crippen LogP contribution in [0.25, 0.3) is 0 Å². The lowest BCUT2D eigenvalue weighted by Gasteiger charge is -2.16. The van der Waals surface area contributed by atoms with Gasteiger partial charge in [-0.15, -0.1) is 0 Å². The summed E-state index contributed by atoms with van der Waals surface area (Å²) in [6.07, 6.45) is 2.89. The molecular formula is C12H19N3O2S. The molecule has 6 heteroatoms. The number of hydrogen-bond donors (Lipinski definition) is 1. The molecule has 18 heavy (non-hydrogen) atoms. The van der Waals surface area contributed by atoms with E-state index in [-0.39, 0.29) is 6.10 Å². The second kappa shape index (κ2) is 6.24. The first-order valence-electron chi connectivity index (χ1n) is 6.17. The maximum absolute atomic E-state index is 5.57. The van der Waals surface area contributed by atoms with Crippen molar-refractivity contribution < 1.29 is 9.47 Å². The summed E-state index contributed by atoms with van der Waals surface area (Å²) in [7, 11) is 1.65. The van der Waals surface area contributed by atoms with Gasteiger partial charge in [0.05, 0.1) is 13.2 Å². The van der Waals surface area contributed by atoms with Crippen molar-refractivity contribution in [3.63, 3.8) is 0 Å². The Balaban J connectivity index is 2.18. The summed E-state index contributed by atoms with van der Waals surface area (Å²) in [4.78, 5) is 8.52. The number of nitrogens with zero attached hydrogens (tertiary/aromatic N) is 2. The largest absolute Gasteiger partial charge is 0.490 e. The maximum Gasteiger partial charge on any atom is 0.193 e. The molecule has 1 aliphatic rings. The van der Waals surface area contributed by atoms with E-state index >= 15 is 0 Å². The molecule has 0 radical (unpaired) electrons. The molecule has 2 unspecified atom stereocenters. The van der Waals surface area contributed by atoms with E-state index in [1.807, 2.05) is 6.92 Å². The Hall–Kier alpha value is -1.01. The lowest BCUT2D eigenvalue weighted by molar-refractivity contribution is 0.127. The van der Waals surface area contributed by atoms with Crippen molar-refractivity contribution in [3.05, 3.63) is 6.33 Å². The van der Waals surface area contributed by atoms with Gasteiger partial charge in [0.1, 0.15) is 11.4 Å². The fourth-order valence-corrected chi connectivity index (χ4v) is 3.10. The lowest BCUT2D eigenvalue weighted by atomic mass is 10.3. The monoisotopic (exact) mass is 269 g/mol. The molecule has 1 fully saturated rings. The van der Waals surface area contributed by atoms with Crippen LogP contribution in [0.1, 0.15) is 20.3 Å². The normalized spacial score (nSPS) is 23.1. The number of nitrogens with one attached hydrogen (secondary N) is 1. The molecule has 5 nitrogen and oxygen atoms in total. The molecule has 1 saturated heterocycles. The Morgan fingerprint density at radius 3 is 3.00 bits per heavy atom. The Morgan fingerprint density at radius 1 is 1.56 bits per heavy atom. The zero-order valence-electron chi connectivity index (χ0n) is 11.0. The van der Waals surface area contributed by atoms with E-state index in [0.717, 1.165) is 36.2 Å². The van der Waals surface area contributed by atoms with Gasteiger partial charge in [0, 0.05) is 18.4 Å². The van der Waals surface area contributed by atoms with Crippen LogP contribution in [0.5, 0.6) is 5.75 Å². The molecule has 0 bridgehead atoms. The molecule has 1 aromatic heterocycles. The number of hydrogen-bond acceptors (Lipinski definition) is 6. The van der Waals surface area contributed by atoms with Crippen LogP contribution in [0.2, 0.25) is 0 Å². The molecule has 0 spiro atoms. The summed E-state index contributed by atoms with van der Waals surface area (Å²) in [6.45, 7) is 5.76. The minimum Gasteiger partial charge on any atom is -0.490 e. The second-order valence-corrected chi connectivity index (χ2v) is 5.34. The molecule has 0 aromatic carbocycles. The van der Waals surface area contributed by atoms with Crippen molar-refractivity contribution in [1.82, 2.24) is 9.97 Å². The topological polar surface area (TPSA) is 56.3 Å². The van der Waals surface area contributed by atoms with Gasteiger partial charge in [-0.3, -0.25) is 0 Å². The maximum atomic E-state index is 5.57. The standard InChI is InChI=1S/C12H19N3O2S/c1-4-13-11-10(16-3)12(15-7-14-11)18-9-5-6-17-8(9)2/h7-9H,4-6H2,1-3H3,(H,13,14,15). The first-order chi connectivity index (χ1) is 8.76. The smallest absolute Gasteiger partial charge is 0.193 e. The zero-order valence-corrected chi connectivity index (χ0v) is 11.8. The van der Waals surface area contributed by atoms with E-state index in [9.17, 15) is 0 Å². The summed E-state index contributed by atoms with van der Waals surface area (Å²) in [5.41, 5.74) is 0. The molecule has 2 atom stereocenters. The van der Waals surface area contributed by atoms with E-state index < -0.39 is 0 Å². The number of aromatic nitrogens is 2. The lowest BCUT2D eigenvalue weighted by Crippen LogP contribution is -2.14. The molecule has 2 rings (SSSR count). The molecule has 1 aliphatic heterocycles. The molecular weight excluding hydrogens is 250 g/mol. The molecule has 1 N–H and O–H groups in total. The van der Waals surface area contributed by atoms with Crippen molar-refractivity contribution >= 4 is 17.6 Å². The van der Waals surface area contributed by atoms with E-state index in [0.29, 0.717) is 5.25 Å². The van der Waals surface area contributed by atoms with Crippen LogP contribution in [0.15, 0.2) is 11.4 Å². The quantitative estimate of drug-likeness (QED) is 0.827. The van der Waals surface area contributed by atoms with E-state index in [1.54, 1.807) is 25.2 Å². The Labute approximate surface area is 112 Å². The Kier molecular flexibility index (Phi) is 4.66. The molecule has 2 heterocycles. The van der Waals surface area contributed by atoms with Gasteiger partial charge < -0.3 is 14.8 Å². The Bertz CT molecular complexity index is 403. The summed E-state index contributed by atoms with van der Waals surface area (Å²) >= 11 is 1.71. The fourth-order valence-electron chi connectivity index (χ4n) is 1.93. The van der Waals surface area contributed by atoms with Crippen LogP contribution < -0.4 is 10.1 Å². The molecule has 1 aromatic rings. The third-order valence-electron chi connectivity index (χ3n) is 2.89. The van der Waals surface area contributed by atoms with Gasteiger partial charge in [-0.25, -0.2) is 9.97 Å². The third kappa shape index (κ3) is 2.87. The molecule has 0 aliphatic carbocycles. The number of thioether (sulfide) groups is 1. The predicted molar refractivity (Wildman–Crippen MR) is 72.4 cm³/mol. The minimum atomic E-state index is 0.261. The summed E-state index contributed by atoms with van der Waals surface area (Å²) in [5.74, 6) is 1.48. The Morgan fingerprint density at radius 2 is 2.39 bits per heavy atom. The highest BCUT2D eigenvalue weighted by atomic mass is 32.2. The summed E-state index contributed by atoms with van der Waals surface area (Å²) < 4.78 is 11.0. The molecule has 100 valence electrons. The van der Waals surface area contributed by atoms with Crippen LogP contribution in [0, 0.1) is 0 Å². The average molecular weight is 269 g/mol. The average Bonchev–Trinajstić information content (AvgIpc) is 2.76. The third-order valence-corrected chi connectivity index (χ3v) is 4.32. The van der Waals surface area contributed by atoms with E-state index in [4.69, 9.17) is 9.47 Å². The van der Waals surface area contributed by atoms with E-state index in [2.05, 4.69) is 22.2 Å². The van der Waals surface area contributed by atoms with E-state index in [1.165, 1.54) is 0 Å². The fraction of sp³-hybridized carbons (Fsp3) is 0.667. The van der Waals surface area contributed by atoms with Crippen LogP contribution in [-0.4, -0.2) is 41.6 Å². The van der Waals surface area contributed by atoms with Crippen LogP contribution in [0.4, 0.5) is 5.82 Å². The van der Waals surface area contributed by atoms with Crippen molar-refractivity contribution in [3.8, 4) is 5.75 Å². The highest BCUT2D eigenvalue weighted by Crippen LogP contribution is 2.38. The SMILES string of the molecule is CCNc1ncnc(SC2CCOC2C)c1OC. The van der Waals surface area contributed by atoms with Gasteiger partial charge in [0.25, 0.3) is 0 Å². The zero-order chi connectivity index (χ0) is 13.0. The summed E-state index contributed by atoms with van der Waals surface area (Å²) in [6, 6.07) is 0. The molecule has 0 saturated carbocycles. The number of methoxy groups -OCH3 is 1. The van der Waals surface area contributed by atoms with Crippen molar-refractivity contribution in [2.75, 3.05) is 25.6 Å². The van der Waals surface area contributed by atoms with Gasteiger partial charge in [-0.2, -0.15) is 0 Å². The van der Waals surface area contributed by atoms with Crippen molar-refractivity contribution in [2.45, 2.75) is 36.6 Å². The van der Waals surface area contributed by atoms with Crippen molar-refractivity contribution in [1.29, 1.82) is 0 Å². The van der Waals surface area contributed by atoms with Gasteiger partial charge >= 0.3 is 0 Å². The van der Waals surface area contributed by atoms with Gasteiger partial charge in [0.2, 0.25) is 0 Å². The minimum absolute atomic E-state index is 0.261. The van der Waals surface area contributed by atoms with Gasteiger partial charge in [-0.05, 0) is 20.3 Å². The summed E-state index contributed by atoms with van der Waals surface area (Å²) in [5, 5.41) is 4.50. The van der Waals surface area contributed by atoms with Crippen LogP contribution in [-0.2, 0) is 4.74 Å².